The van der Waals surface area contributed by atoms with Gasteiger partial charge in [-0.1, -0.05) is 18.5 Å². The van der Waals surface area contributed by atoms with Crippen molar-refractivity contribution >= 4 is 28.2 Å². The van der Waals surface area contributed by atoms with Crippen LogP contribution in [-0.4, -0.2) is 65.0 Å². The van der Waals surface area contributed by atoms with Gasteiger partial charge in [0.2, 0.25) is 5.88 Å². The number of carbonyl (C=O) groups excluding carboxylic acids is 1. The zero-order valence-corrected chi connectivity index (χ0v) is 25.2. The van der Waals surface area contributed by atoms with Gasteiger partial charge >= 0.3 is 6.09 Å². The Kier molecular flexibility index (Phi) is 8.05. The molecule has 2 saturated heterocycles. The number of rotatable bonds is 9. The highest BCUT2D eigenvalue weighted by Gasteiger charge is 2.35. The van der Waals surface area contributed by atoms with Gasteiger partial charge in [-0.15, -0.1) is 11.3 Å². The number of fused-ring (bicyclic) bond motifs is 1. The Hall–Kier alpha value is -3.69. The van der Waals surface area contributed by atoms with Crippen LogP contribution in [-0.2, 0) is 17.6 Å². The van der Waals surface area contributed by atoms with Crippen LogP contribution in [0.25, 0.3) is 11.5 Å². The lowest BCUT2D eigenvalue weighted by molar-refractivity contribution is 0.117. The van der Waals surface area contributed by atoms with Crippen LogP contribution in [0, 0.1) is 11.3 Å². The van der Waals surface area contributed by atoms with E-state index in [9.17, 15) is 10.1 Å². The minimum Gasteiger partial charge on any atom is -0.473 e. The van der Waals surface area contributed by atoms with Crippen LogP contribution in [0.4, 0.5) is 15.6 Å². The Morgan fingerprint density at radius 2 is 2.14 bits per heavy atom. The first-order valence-corrected chi connectivity index (χ1v) is 15.7. The lowest BCUT2D eigenvalue weighted by atomic mass is 9.81. The molecular weight excluding hydrogens is 554 g/mol. The fourth-order valence-corrected chi connectivity index (χ4v) is 7.66. The largest absolute Gasteiger partial charge is 0.473 e. The number of unbranched alkanes of at least 4 members (excludes halogenated alkanes) is 1. The number of hydrogen-bond acceptors (Lipinski definition) is 11. The van der Waals surface area contributed by atoms with Gasteiger partial charge in [-0.2, -0.15) is 10.2 Å². The molecule has 1 amide bonds. The summed E-state index contributed by atoms with van der Waals surface area (Å²) in [5.74, 6) is 1.76. The van der Waals surface area contributed by atoms with Gasteiger partial charge in [0.1, 0.15) is 35.4 Å². The summed E-state index contributed by atoms with van der Waals surface area (Å²) in [7, 11) is 2.11. The molecule has 2 N–H and O–H groups in total. The number of aromatic nitrogens is 3. The number of anilines is 2. The highest BCUT2D eigenvalue weighted by molar-refractivity contribution is 7.16. The fourth-order valence-electron chi connectivity index (χ4n) is 6.54. The van der Waals surface area contributed by atoms with Crippen molar-refractivity contribution in [1.82, 2.24) is 20.0 Å². The Morgan fingerprint density at radius 1 is 1.29 bits per heavy atom. The molecule has 11 nitrogen and oxygen atoms in total. The van der Waals surface area contributed by atoms with Crippen molar-refractivity contribution in [2.24, 2.45) is 0 Å². The van der Waals surface area contributed by atoms with Gasteiger partial charge in [0.15, 0.2) is 11.5 Å². The lowest BCUT2D eigenvalue weighted by Crippen LogP contribution is -2.38. The fraction of sp³-hybridized carbons (Fsp3) is 0.567. The molecule has 0 aromatic carbocycles. The quantitative estimate of drug-likeness (QED) is 0.349. The predicted octanol–water partition coefficient (Wildman–Crippen LogP) is 5.28. The van der Waals surface area contributed by atoms with Gasteiger partial charge in [-0.25, -0.2) is 9.78 Å². The van der Waals surface area contributed by atoms with E-state index in [1.54, 1.807) is 6.07 Å². The van der Waals surface area contributed by atoms with E-state index in [2.05, 4.69) is 37.0 Å². The van der Waals surface area contributed by atoms with Crippen molar-refractivity contribution in [3.8, 4) is 23.5 Å². The smallest absolute Gasteiger partial charge is 0.415 e. The first-order chi connectivity index (χ1) is 20.4. The second-order valence-corrected chi connectivity index (χ2v) is 12.5. The van der Waals surface area contributed by atoms with E-state index in [4.69, 9.17) is 29.7 Å². The summed E-state index contributed by atoms with van der Waals surface area (Å²) in [4.78, 5) is 27.1. The van der Waals surface area contributed by atoms with Crippen LogP contribution < -0.4 is 15.4 Å². The molecule has 222 valence electrons. The van der Waals surface area contributed by atoms with E-state index >= 15 is 0 Å². The van der Waals surface area contributed by atoms with Crippen molar-refractivity contribution in [2.75, 3.05) is 37.4 Å². The zero-order chi connectivity index (χ0) is 29.4. The molecule has 2 fully saturated rings. The molecule has 42 heavy (non-hydrogen) atoms. The average Bonchev–Trinajstić information content (AvgIpc) is 3.77. The Balaban J connectivity index is 1.43. The number of likely N-dealkylation sites (N-methyl/N-ethyl adjacent to an activating group) is 1. The second kappa shape index (κ2) is 11.9. The lowest BCUT2D eigenvalue weighted by Gasteiger charge is -2.26. The van der Waals surface area contributed by atoms with E-state index in [0.717, 1.165) is 79.7 Å². The number of nitrogens with two attached hydrogens (primary N) is 1. The minimum atomic E-state index is -0.449. The molecule has 0 bridgehead atoms. The number of cyclic esters (lactones) is 1. The summed E-state index contributed by atoms with van der Waals surface area (Å²) in [5.41, 5.74) is 9.24. The number of nitrogens with zero attached hydrogens (tertiary/aromatic N) is 6. The van der Waals surface area contributed by atoms with Gasteiger partial charge in [0.05, 0.1) is 12.1 Å². The topological polar surface area (TPSA) is 144 Å². The maximum absolute atomic E-state index is 12.5. The van der Waals surface area contributed by atoms with E-state index in [0.29, 0.717) is 46.9 Å². The minimum absolute atomic E-state index is 0.111. The van der Waals surface area contributed by atoms with Crippen LogP contribution in [0.5, 0.6) is 5.88 Å². The van der Waals surface area contributed by atoms with E-state index in [1.807, 2.05) is 0 Å². The highest BCUT2D eigenvalue weighted by atomic mass is 32.1. The molecular formula is C30H37N7O4S. The zero-order valence-electron chi connectivity index (χ0n) is 24.4. The Labute approximate surface area is 249 Å². The SMILES string of the molecule is CCCCc1c(-c2nc(O[C@@H](C)[C@@H]3CCCN3C)cc(N3CCOC3=O)n2)noc1[C@H]1CCCc2sc(N)c(C#N)c21. The predicted molar refractivity (Wildman–Crippen MR) is 159 cm³/mol. The Bertz CT molecular complexity index is 1510. The number of likely N-dealkylation sites (tertiary alicyclic amines) is 1. The number of ether oxygens (including phenoxy) is 2. The van der Waals surface area contributed by atoms with E-state index < -0.39 is 6.09 Å². The second-order valence-electron chi connectivity index (χ2n) is 11.4. The highest BCUT2D eigenvalue weighted by Crippen LogP contribution is 2.47. The number of aryl methyl sites for hydroxylation is 1. The first kappa shape index (κ1) is 28.4. The van der Waals surface area contributed by atoms with Crippen LogP contribution in [0.1, 0.15) is 85.6 Å². The molecule has 0 spiro atoms. The van der Waals surface area contributed by atoms with Gasteiger partial charge in [-0.3, -0.25) is 9.80 Å². The molecule has 12 heteroatoms. The van der Waals surface area contributed by atoms with Gasteiger partial charge in [-0.05, 0) is 71.0 Å². The molecule has 3 aliphatic rings. The van der Waals surface area contributed by atoms with Crippen LogP contribution in [0.2, 0.25) is 0 Å². The molecule has 1 aliphatic carbocycles. The van der Waals surface area contributed by atoms with E-state index in [-0.39, 0.29) is 18.1 Å². The third kappa shape index (κ3) is 5.20. The number of nitrogen functional groups attached to an aromatic ring is 1. The number of amides is 1. The molecule has 0 saturated carbocycles. The molecule has 6 rings (SSSR count). The molecule has 3 atom stereocenters. The molecule has 0 radical (unpaired) electrons. The average molecular weight is 592 g/mol. The first-order valence-electron chi connectivity index (χ1n) is 14.9. The summed E-state index contributed by atoms with van der Waals surface area (Å²) in [6, 6.07) is 4.31. The molecule has 3 aromatic rings. The third-order valence-corrected chi connectivity index (χ3v) is 9.78. The van der Waals surface area contributed by atoms with Crippen molar-refractivity contribution in [2.45, 2.75) is 83.3 Å². The van der Waals surface area contributed by atoms with Crippen molar-refractivity contribution < 1.29 is 18.8 Å². The summed E-state index contributed by atoms with van der Waals surface area (Å²) in [5, 5.41) is 15.0. The third-order valence-electron chi connectivity index (χ3n) is 8.69. The monoisotopic (exact) mass is 591 g/mol. The Morgan fingerprint density at radius 3 is 2.86 bits per heavy atom. The summed E-state index contributed by atoms with van der Waals surface area (Å²) >= 11 is 1.50. The maximum Gasteiger partial charge on any atom is 0.415 e. The summed E-state index contributed by atoms with van der Waals surface area (Å²) in [6.07, 6.45) is 6.96. The van der Waals surface area contributed by atoms with Crippen molar-refractivity contribution in [3.63, 3.8) is 0 Å². The number of hydrogen-bond donors (Lipinski definition) is 1. The van der Waals surface area contributed by atoms with Gasteiger partial charge < -0.3 is 19.7 Å². The van der Waals surface area contributed by atoms with Crippen LogP contribution in [0.15, 0.2) is 10.6 Å². The number of nitriles is 1. The normalized spacial score (nSPS) is 21.3. The van der Waals surface area contributed by atoms with Crippen LogP contribution >= 0.6 is 11.3 Å². The number of thiophene rings is 1. The van der Waals surface area contributed by atoms with E-state index in [1.165, 1.54) is 16.2 Å². The molecule has 0 unspecified atom stereocenters. The number of carbonyl (C=O) groups is 1. The summed E-state index contributed by atoms with van der Waals surface area (Å²) < 4.78 is 17.7. The standard InChI is InChI=1S/C30H37N7O4S/c1-4-5-8-19-26(35-41-27(19)18-9-6-11-22-25(18)20(16-31)28(32)42-22)29-33-23(37-13-14-39-30(37)38)15-24(34-29)40-17(2)21-10-7-12-36(21)3/h15,17-18,21H,4-14,32H2,1-3H3/t17-,18-,21-/m0/s1. The van der Waals surface area contributed by atoms with Gasteiger partial charge in [0, 0.05) is 28.5 Å². The molecule has 3 aromatic heterocycles. The summed E-state index contributed by atoms with van der Waals surface area (Å²) in [6.45, 7) is 5.92. The van der Waals surface area contributed by atoms with Crippen LogP contribution in [0.3, 0.4) is 0 Å². The molecule has 5 heterocycles. The van der Waals surface area contributed by atoms with Gasteiger partial charge in [0.25, 0.3) is 0 Å². The molecule has 2 aliphatic heterocycles. The van der Waals surface area contributed by atoms with Crippen molar-refractivity contribution in [3.05, 3.63) is 33.4 Å². The maximum atomic E-state index is 12.5. The van der Waals surface area contributed by atoms with Crippen molar-refractivity contribution in [1.29, 1.82) is 5.26 Å².